The molecule has 1 aliphatic rings. The Bertz CT molecular complexity index is 1110. The normalized spacial score (nSPS) is 14.0. The van der Waals surface area contributed by atoms with E-state index in [0.29, 0.717) is 17.4 Å². The van der Waals surface area contributed by atoms with Gasteiger partial charge in [0.15, 0.2) is 11.0 Å². The van der Waals surface area contributed by atoms with Crippen LogP contribution in [0.15, 0.2) is 71.9 Å². The minimum absolute atomic E-state index is 0.252. The van der Waals surface area contributed by atoms with Crippen LogP contribution in [-0.4, -0.2) is 14.8 Å². The van der Waals surface area contributed by atoms with Crippen molar-refractivity contribution in [2.24, 2.45) is 0 Å². The van der Waals surface area contributed by atoms with E-state index in [1.807, 2.05) is 6.07 Å². The summed E-state index contributed by atoms with van der Waals surface area (Å²) in [6.45, 7) is 0. The Morgan fingerprint density at radius 2 is 1.70 bits per heavy atom. The lowest BCUT2D eigenvalue weighted by atomic mass is 10.1. The van der Waals surface area contributed by atoms with Crippen LogP contribution in [0.1, 0.15) is 24.4 Å². The van der Waals surface area contributed by atoms with Crippen molar-refractivity contribution in [3.05, 3.63) is 78.1 Å². The quantitative estimate of drug-likeness (QED) is 0.409. The largest absolute Gasteiger partial charge is 0.299 e. The number of aromatic nitrogens is 3. The van der Waals surface area contributed by atoms with Crippen LogP contribution in [-0.2, 0) is 5.75 Å². The molecule has 0 N–H and O–H groups in total. The van der Waals surface area contributed by atoms with Gasteiger partial charge in [-0.3, -0.25) is 4.57 Å². The van der Waals surface area contributed by atoms with E-state index in [0.717, 1.165) is 23.8 Å². The number of halogens is 1. The number of rotatable bonds is 5. The van der Waals surface area contributed by atoms with Gasteiger partial charge in [-0.2, -0.15) is 0 Å². The molecule has 5 rings (SSSR count). The topological polar surface area (TPSA) is 30.7 Å². The molecule has 0 spiro atoms. The number of hydrogen-bond acceptors (Lipinski definition) is 3. The molecule has 3 aromatic carbocycles. The van der Waals surface area contributed by atoms with E-state index in [4.69, 9.17) is 0 Å². The Kier molecular flexibility index (Phi) is 4.17. The lowest BCUT2D eigenvalue weighted by Gasteiger charge is -2.10. The van der Waals surface area contributed by atoms with Crippen LogP contribution in [0, 0.1) is 5.82 Å². The first-order chi connectivity index (χ1) is 13.3. The van der Waals surface area contributed by atoms with Gasteiger partial charge in [-0.25, -0.2) is 4.39 Å². The van der Waals surface area contributed by atoms with Crippen molar-refractivity contribution in [3.8, 4) is 11.4 Å². The SMILES string of the molecule is Fc1ccccc1-c1nnc(SCc2cccc3ccccc23)n1C1CC1. The van der Waals surface area contributed by atoms with E-state index in [1.54, 1.807) is 23.9 Å². The fourth-order valence-corrected chi connectivity index (χ4v) is 4.43. The molecule has 0 radical (unpaired) electrons. The molecule has 5 heteroatoms. The van der Waals surface area contributed by atoms with Crippen molar-refractivity contribution >= 4 is 22.5 Å². The summed E-state index contributed by atoms with van der Waals surface area (Å²) >= 11 is 1.67. The number of nitrogens with zero attached hydrogens (tertiary/aromatic N) is 3. The van der Waals surface area contributed by atoms with E-state index in [-0.39, 0.29) is 5.82 Å². The van der Waals surface area contributed by atoms with Gasteiger partial charge in [-0.05, 0) is 41.3 Å². The van der Waals surface area contributed by atoms with Crippen molar-refractivity contribution in [1.82, 2.24) is 14.8 Å². The van der Waals surface area contributed by atoms with Crippen molar-refractivity contribution in [1.29, 1.82) is 0 Å². The number of hydrogen-bond donors (Lipinski definition) is 0. The summed E-state index contributed by atoms with van der Waals surface area (Å²) in [5.41, 5.74) is 1.80. The molecule has 1 heterocycles. The molecular weight excluding hydrogens is 357 g/mol. The van der Waals surface area contributed by atoms with Gasteiger partial charge in [0, 0.05) is 11.8 Å². The van der Waals surface area contributed by atoms with Crippen LogP contribution < -0.4 is 0 Å². The van der Waals surface area contributed by atoms with Gasteiger partial charge >= 0.3 is 0 Å². The average molecular weight is 375 g/mol. The Labute approximate surface area is 161 Å². The lowest BCUT2D eigenvalue weighted by Crippen LogP contribution is -2.01. The molecule has 1 saturated carbocycles. The number of fused-ring (bicyclic) bond motifs is 1. The van der Waals surface area contributed by atoms with E-state index < -0.39 is 0 Å². The second-order valence-electron chi connectivity index (χ2n) is 6.81. The summed E-state index contributed by atoms with van der Waals surface area (Å²) in [5, 5.41) is 12.1. The van der Waals surface area contributed by atoms with Gasteiger partial charge in [0.25, 0.3) is 0 Å². The van der Waals surface area contributed by atoms with Crippen LogP contribution in [0.5, 0.6) is 0 Å². The molecule has 0 saturated heterocycles. The zero-order chi connectivity index (χ0) is 18.2. The molecule has 134 valence electrons. The lowest BCUT2D eigenvalue weighted by molar-refractivity contribution is 0.622. The number of thioether (sulfide) groups is 1. The highest BCUT2D eigenvalue weighted by molar-refractivity contribution is 7.98. The molecule has 1 fully saturated rings. The summed E-state index contributed by atoms with van der Waals surface area (Å²) < 4.78 is 16.4. The Morgan fingerprint density at radius 3 is 2.56 bits per heavy atom. The minimum atomic E-state index is -0.252. The molecule has 0 bridgehead atoms. The van der Waals surface area contributed by atoms with Gasteiger partial charge in [-0.15, -0.1) is 10.2 Å². The smallest absolute Gasteiger partial charge is 0.192 e. The third kappa shape index (κ3) is 3.12. The van der Waals surface area contributed by atoms with Gasteiger partial charge in [0.05, 0.1) is 5.56 Å². The van der Waals surface area contributed by atoms with E-state index in [2.05, 4.69) is 57.2 Å². The van der Waals surface area contributed by atoms with Gasteiger partial charge in [0.1, 0.15) is 5.82 Å². The minimum Gasteiger partial charge on any atom is -0.299 e. The first kappa shape index (κ1) is 16.5. The van der Waals surface area contributed by atoms with E-state index >= 15 is 0 Å². The van der Waals surface area contributed by atoms with E-state index in [1.165, 1.54) is 22.4 Å². The summed E-state index contributed by atoms with van der Waals surface area (Å²) in [6, 6.07) is 22.0. The molecule has 0 aliphatic heterocycles. The average Bonchev–Trinajstić information content (AvgIpc) is 3.46. The molecule has 1 aromatic heterocycles. The molecule has 4 aromatic rings. The van der Waals surface area contributed by atoms with Crippen LogP contribution in [0.3, 0.4) is 0 Å². The molecule has 3 nitrogen and oxygen atoms in total. The third-order valence-electron chi connectivity index (χ3n) is 4.93. The zero-order valence-electron chi connectivity index (χ0n) is 14.7. The summed E-state index contributed by atoms with van der Waals surface area (Å²) in [7, 11) is 0. The molecule has 1 aliphatic carbocycles. The first-order valence-corrected chi connectivity index (χ1v) is 10.1. The zero-order valence-corrected chi connectivity index (χ0v) is 15.5. The molecule has 27 heavy (non-hydrogen) atoms. The standard InChI is InChI=1S/C22H18FN3S/c23-20-11-4-3-10-19(20)21-24-25-22(26(21)17-12-13-17)27-14-16-8-5-7-15-6-1-2-9-18(15)16/h1-11,17H,12-14H2. The highest BCUT2D eigenvalue weighted by Crippen LogP contribution is 2.42. The Balaban J connectivity index is 1.48. The fraction of sp³-hybridized carbons (Fsp3) is 0.182. The second-order valence-corrected chi connectivity index (χ2v) is 7.76. The van der Waals surface area contributed by atoms with Crippen molar-refractivity contribution in [2.45, 2.75) is 29.8 Å². The Hall–Kier alpha value is -2.66. The maximum Gasteiger partial charge on any atom is 0.192 e. The summed E-state index contributed by atoms with van der Waals surface area (Å²) in [4.78, 5) is 0. The number of benzene rings is 3. The summed E-state index contributed by atoms with van der Waals surface area (Å²) in [6.07, 6.45) is 2.20. The van der Waals surface area contributed by atoms with Crippen LogP contribution in [0.4, 0.5) is 4.39 Å². The van der Waals surface area contributed by atoms with Crippen molar-refractivity contribution in [3.63, 3.8) is 0 Å². The molecule has 0 atom stereocenters. The fourth-order valence-electron chi connectivity index (χ4n) is 3.42. The first-order valence-electron chi connectivity index (χ1n) is 9.10. The van der Waals surface area contributed by atoms with Crippen LogP contribution in [0.25, 0.3) is 22.2 Å². The van der Waals surface area contributed by atoms with Crippen molar-refractivity contribution in [2.75, 3.05) is 0 Å². The van der Waals surface area contributed by atoms with Gasteiger partial charge in [0.2, 0.25) is 0 Å². The highest BCUT2D eigenvalue weighted by Gasteiger charge is 2.30. The molecule has 0 amide bonds. The van der Waals surface area contributed by atoms with Crippen LogP contribution >= 0.6 is 11.8 Å². The van der Waals surface area contributed by atoms with Crippen LogP contribution in [0.2, 0.25) is 0 Å². The predicted octanol–water partition coefficient (Wildman–Crippen LogP) is 5.86. The molecular formula is C22H18FN3S. The second kappa shape index (κ2) is 6.82. The monoisotopic (exact) mass is 375 g/mol. The third-order valence-corrected chi connectivity index (χ3v) is 5.92. The Morgan fingerprint density at radius 1 is 0.926 bits per heavy atom. The maximum absolute atomic E-state index is 14.3. The predicted molar refractivity (Wildman–Crippen MR) is 107 cm³/mol. The van der Waals surface area contributed by atoms with Crippen molar-refractivity contribution < 1.29 is 4.39 Å². The maximum atomic E-state index is 14.3. The molecule has 0 unspecified atom stereocenters. The summed E-state index contributed by atoms with van der Waals surface area (Å²) in [5.74, 6) is 1.19. The van der Waals surface area contributed by atoms with Gasteiger partial charge in [-0.1, -0.05) is 66.4 Å². The van der Waals surface area contributed by atoms with Gasteiger partial charge < -0.3 is 0 Å². The highest BCUT2D eigenvalue weighted by atomic mass is 32.2. The van der Waals surface area contributed by atoms with E-state index in [9.17, 15) is 4.39 Å².